The number of hydrogen-bond acceptors (Lipinski definition) is 3. The van der Waals surface area contributed by atoms with Gasteiger partial charge in [-0.1, -0.05) is 11.6 Å². The van der Waals surface area contributed by atoms with Crippen LogP contribution in [0.1, 0.15) is 49.9 Å². The lowest BCUT2D eigenvalue weighted by molar-refractivity contribution is -0.143. The maximum absolute atomic E-state index is 12.5. The van der Waals surface area contributed by atoms with Gasteiger partial charge in [-0.2, -0.15) is 5.10 Å². The molecule has 1 aromatic rings. The molecular formula is C18H27ClN4O2. The fraction of sp³-hybridized carbons (Fsp3) is 0.722. The molecule has 138 valence electrons. The number of amides is 2. The van der Waals surface area contributed by atoms with E-state index in [-0.39, 0.29) is 23.8 Å². The fourth-order valence-corrected chi connectivity index (χ4v) is 3.62. The average molecular weight is 367 g/mol. The molecule has 2 fully saturated rings. The molecule has 2 heterocycles. The van der Waals surface area contributed by atoms with Crippen molar-refractivity contribution in [1.82, 2.24) is 20.0 Å². The number of nitrogens with zero attached hydrogens (tertiary/aromatic N) is 3. The maximum Gasteiger partial charge on any atom is 0.242 e. The maximum atomic E-state index is 12.5. The van der Waals surface area contributed by atoms with Crippen LogP contribution in [0.5, 0.6) is 0 Å². The molecule has 2 amide bonds. The molecule has 0 aromatic carbocycles. The summed E-state index contributed by atoms with van der Waals surface area (Å²) in [5, 5.41) is 8.11. The Labute approximate surface area is 153 Å². The van der Waals surface area contributed by atoms with Gasteiger partial charge in [-0.15, -0.1) is 0 Å². The summed E-state index contributed by atoms with van der Waals surface area (Å²) in [6.07, 6.45) is 5.53. The van der Waals surface area contributed by atoms with E-state index in [2.05, 4.69) is 10.4 Å². The van der Waals surface area contributed by atoms with Gasteiger partial charge in [0.1, 0.15) is 6.04 Å². The van der Waals surface area contributed by atoms with Crippen LogP contribution < -0.4 is 5.32 Å². The number of rotatable bonds is 6. The van der Waals surface area contributed by atoms with Crippen molar-refractivity contribution in [2.75, 3.05) is 13.1 Å². The summed E-state index contributed by atoms with van der Waals surface area (Å²) in [6, 6.07) is -0.287. The second-order valence-corrected chi connectivity index (χ2v) is 7.55. The molecule has 3 rings (SSSR count). The van der Waals surface area contributed by atoms with Crippen LogP contribution in [0.15, 0.2) is 0 Å². The minimum Gasteiger partial charge on any atom is -0.354 e. The lowest BCUT2D eigenvalue weighted by Gasteiger charge is -2.35. The van der Waals surface area contributed by atoms with Crippen LogP contribution >= 0.6 is 11.6 Å². The summed E-state index contributed by atoms with van der Waals surface area (Å²) in [5.74, 6) is 0.335. The highest BCUT2D eigenvalue weighted by atomic mass is 35.5. The minimum atomic E-state index is -0.287. The van der Waals surface area contributed by atoms with E-state index in [4.69, 9.17) is 11.6 Å². The summed E-state index contributed by atoms with van der Waals surface area (Å²) >= 11 is 6.15. The number of aryl methyl sites for hydroxylation is 2. The molecule has 7 heteroatoms. The number of halogens is 1. The number of likely N-dealkylation sites (tertiary alicyclic amines) is 1. The van der Waals surface area contributed by atoms with Crippen molar-refractivity contribution in [2.45, 2.75) is 65.0 Å². The molecule has 2 aliphatic rings. The minimum absolute atomic E-state index is 0.0138. The van der Waals surface area contributed by atoms with Gasteiger partial charge in [0, 0.05) is 25.6 Å². The Hall–Kier alpha value is -1.56. The number of aromatic nitrogens is 2. The molecule has 0 spiro atoms. The van der Waals surface area contributed by atoms with Crippen molar-refractivity contribution in [3.05, 3.63) is 16.4 Å². The normalized spacial score (nSPS) is 20.6. The standard InChI is InChI=1S/C18H27ClN4O2/c1-12-16(19)13(2)23(21-12)11-5-9-20-17(24)15-6-3-4-10-22(15)18(25)14-7-8-14/h14-15H,3-11H2,1-2H3,(H,20,24)/t15-/m1/s1. The Bertz CT molecular complexity index is 654. The molecule has 1 aliphatic heterocycles. The van der Waals surface area contributed by atoms with Crippen molar-refractivity contribution < 1.29 is 9.59 Å². The van der Waals surface area contributed by atoms with E-state index in [9.17, 15) is 9.59 Å². The summed E-state index contributed by atoms with van der Waals surface area (Å²) in [5.41, 5.74) is 1.79. The van der Waals surface area contributed by atoms with Crippen molar-refractivity contribution in [3.63, 3.8) is 0 Å². The molecular weight excluding hydrogens is 340 g/mol. The molecule has 1 saturated carbocycles. The predicted molar refractivity (Wildman–Crippen MR) is 96.4 cm³/mol. The first-order valence-electron chi connectivity index (χ1n) is 9.26. The van der Waals surface area contributed by atoms with Gasteiger partial charge in [0.15, 0.2) is 0 Å². The monoisotopic (exact) mass is 366 g/mol. The van der Waals surface area contributed by atoms with Gasteiger partial charge in [0.05, 0.1) is 16.4 Å². The molecule has 1 atom stereocenters. The van der Waals surface area contributed by atoms with Crippen LogP contribution in [0.2, 0.25) is 5.02 Å². The second-order valence-electron chi connectivity index (χ2n) is 7.17. The highest BCUT2D eigenvalue weighted by Gasteiger charge is 2.39. The number of piperidine rings is 1. The van der Waals surface area contributed by atoms with Crippen LogP contribution in [-0.4, -0.2) is 45.6 Å². The van der Waals surface area contributed by atoms with E-state index < -0.39 is 0 Å². The van der Waals surface area contributed by atoms with Crippen molar-refractivity contribution in [3.8, 4) is 0 Å². The lowest BCUT2D eigenvalue weighted by Crippen LogP contribution is -2.52. The van der Waals surface area contributed by atoms with Gasteiger partial charge in [-0.05, 0) is 52.4 Å². The predicted octanol–water partition coefficient (Wildman–Crippen LogP) is 2.45. The van der Waals surface area contributed by atoms with Gasteiger partial charge >= 0.3 is 0 Å². The van der Waals surface area contributed by atoms with E-state index in [1.807, 2.05) is 23.4 Å². The fourth-order valence-electron chi connectivity index (χ4n) is 3.48. The van der Waals surface area contributed by atoms with E-state index in [1.54, 1.807) is 0 Å². The quantitative estimate of drug-likeness (QED) is 0.786. The van der Waals surface area contributed by atoms with Crippen LogP contribution in [0, 0.1) is 19.8 Å². The summed E-state index contributed by atoms with van der Waals surface area (Å²) in [6.45, 7) is 5.86. The smallest absolute Gasteiger partial charge is 0.242 e. The second kappa shape index (κ2) is 7.77. The van der Waals surface area contributed by atoms with Gasteiger partial charge in [0.2, 0.25) is 11.8 Å². The third kappa shape index (κ3) is 4.17. The summed E-state index contributed by atoms with van der Waals surface area (Å²) in [4.78, 5) is 26.7. The van der Waals surface area contributed by atoms with E-state index in [1.165, 1.54) is 0 Å². The van der Waals surface area contributed by atoms with E-state index in [0.29, 0.717) is 11.6 Å². The SMILES string of the molecule is Cc1nn(CCCNC(=O)[C@H]2CCCCN2C(=O)C2CC2)c(C)c1Cl. The number of carbonyl (C=O) groups is 2. The molecule has 1 saturated heterocycles. The van der Waals surface area contributed by atoms with Gasteiger partial charge in [0.25, 0.3) is 0 Å². The number of carbonyl (C=O) groups excluding carboxylic acids is 2. The zero-order valence-corrected chi connectivity index (χ0v) is 15.8. The first kappa shape index (κ1) is 18.2. The Morgan fingerprint density at radius 3 is 2.64 bits per heavy atom. The molecule has 1 N–H and O–H groups in total. The third-order valence-electron chi connectivity index (χ3n) is 5.15. The average Bonchev–Trinajstić information content (AvgIpc) is 3.43. The molecule has 0 bridgehead atoms. The summed E-state index contributed by atoms with van der Waals surface area (Å²) < 4.78 is 1.88. The van der Waals surface area contributed by atoms with Crippen LogP contribution in [0.25, 0.3) is 0 Å². The van der Waals surface area contributed by atoms with Crippen LogP contribution in [0.3, 0.4) is 0 Å². The van der Waals surface area contributed by atoms with Crippen LogP contribution in [-0.2, 0) is 16.1 Å². The lowest BCUT2D eigenvalue weighted by atomic mass is 10.0. The Kier molecular flexibility index (Phi) is 5.67. The topological polar surface area (TPSA) is 67.2 Å². The number of nitrogens with one attached hydrogen (secondary N) is 1. The first-order valence-corrected chi connectivity index (χ1v) is 9.64. The first-order chi connectivity index (χ1) is 12.0. The van der Waals surface area contributed by atoms with Crippen LogP contribution in [0.4, 0.5) is 0 Å². The van der Waals surface area contributed by atoms with Crippen molar-refractivity contribution in [2.24, 2.45) is 5.92 Å². The molecule has 0 radical (unpaired) electrons. The highest BCUT2D eigenvalue weighted by molar-refractivity contribution is 6.31. The Balaban J connectivity index is 1.47. The van der Waals surface area contributed by atoms with E-state index >= 15 is 0 Å². The highest BCUT2D eigenvalue weighted by Crippen LogP contribution is 2.33. The van der Waals surface area contributed by atoms with E-state index in [0.717, 1.165) is 63.0 Å². The van der Waals surface area contributed by atoms with Gasteiger partial charge in [-0.3, -0.25) is 14.3 Å². The summed E-state index contributed by atoms with van der Waals surface area (Å²) in [7, 11) is 0. The molecule has 6 nitrogen and oxygen atoms in total. The zero-order valence-electron chi connectivity index (χ0n) is 15.1. The van der Waals surface area contributed by atoms with Crippen molar-refractivity contribution in [1.29, 1.82) is 0 Å². The van der Waals surface area contributed by atoms with Gasteiger partial charge in [-0.25, -0.2) is 0 Å². The Morgan fingerprint density at radius 2 is 2.00 bits per heavy atom. The van der Waals surface area contributed by atoms with Crippen molar-refractivity contribution >= 4 is 23.4 Å². The molecule has 1 aliphatic carbocycles. The molecule has 0 unspecified atom stereocenters. The zero-order chi connectivity index (χ0) is 18.0. The van der Waals surface area contributed by atoms with Gasteiger partial charge < -0.3 is 10.2 Å². The Morgan fingerprint density at radius 1 is 1.24 bits per heavy atom. The molecule has 25 heavy (non-hydrogen) atoms. The largest absolute Gasteiger partial charge is 0.354 e. The molecule has 1 aromatic heterocycles. The third-order valence-corrected chi connectivity index (χ3v) is 5.70. The number of hydrogen-bond donors (Lipinski definition) is 1.